The number of hydrogen-bond acceptors (Lipinski definition) is 4. The molecule has 5 nitrogen and oxygen atoms in total. The Balaban J connectivity index is 2.94. The maximum Gasteiger partial charge on any atom is 0.240 e. The number of aryl methyl sites for hydroxylation is 2. The summed E-state index contributed by atoms with van der Waals surface area (Å²) >= 11 is 0. The van der Waals surface area contributed by atoms with Crippen LogP contribution in [0.4, 0.5) is 0 Å². The van der Waals surface area contributed by atoms with Crippen LogP contribution in [0.15, 0.2) is 17.0 Å². The van der Waals surface area contributed by atoms with E-state index in [9.17, 15) is 8.42 Å². The van der Waals surface area contributed by atoms with E-state index in [4.69, 9.17) is 9.47 Å². The van der Waals surface area contributed by atoms with Crippen LogP contribution in [0.25, 0.3) is 0 Å². The molecule has 6 heteroatoms. The summed E-state index contributed by atoms with van der Waals surface area (Å²) in [5.74, 6) is 0.572. The predicted molar refractivity (Wildman–Crippen MR) is 74.1 cm³/mol. The van der Waals surface area contributed by atoms with Crippen LogP contribution < -0.4 is 9.46 Å². The van der Waals surface area contributed by atoms with E-state index in [2.05, 4.69) is 4.72 Å². The number of ether oxygens (including phenoxy) is 2. The fraction of sp³-hybridized carbons (Fsp3) is 0.538. The molecule has 19 heavy (non-hydrogen) atoms. The molecule has 108 valence electrons. The molecule has 0 radical (unpaired) electrons. The molecule has 0 saturated carbocycles. The van der Waals surface area contributed by atoms with Gasteiger partial charge in [0.2, 0.25) is 10.0 Å². The van der Waals surface area contributed by atoms with Crippen molar-refractivity contribution in [3.8, 4) is 5.75 Å². The minimum absolute atomic E-state index is 0.257. The summed E-state index contributed by atoms with van der Waals surface area (Å²) in [5.41, 5.74) is 1.62. The van der Waals surface area contributed by atoms with Gasteiger partial charge in [0.25, 0.3) is 0 Å². The fourth-order valence-corrected chi connectivity index (χ4v) is 3.14. The molecular weight excluding hydrogens is 266 g/mol. The molecule has 0 bridgehead atoms. The van der Waals surface area contributed by atoms with Crippen molar-refractivity contribution in [1.82, 2.24) is 4.72 Å². The van der Waals surface area contributed by atoms with Crippen molar-refractivity contribution in [2.24, 2.45) is 0 Å². The minimum atomic E-state index is -3.51. The third-order valence-electron chi connectivity index (χ3n) is 2.80. The van der Waals surface area contributed by atoms with Crippen LogP contribution in [0.3, 0.4) is 0 Å². The minimum Gasteiger partial charge on any atom is -0.496 e. The Kier molecular flexibility index (Phi) is 5.78. The topological polar surface area (TPSA) is 64.6 Å². The predicted octanol–water partition coefficient (Wildman–Crippen LogP) is 1.63. The molecule has 0 aliphatic heterocycles. The summed E-state index contributed by atoms with van der Waals surface area (Å²) < 4.78 is 37.0. The number of hydrogen-bond donors (Lipinski definition) is 1. The monoisotopic (exact) mass is 287 g/mol. The summed E-state index contributed by atoms with van der Waals surface area (Å²) in [4.78, 5) is 0.257. The Morgan fingerprint density at radius 2 is 1.84 bits per heavy atom. The molecule has 0 unspecified atom stereocenters. The molecule has 1 aromatic rings. The molecule has 0 fully saturated rings. The van der Waals surface area contributed by atoms with Crippen LogP contribution in [-0.4, -0.2) is 35.8 Å². The van der Waals surface area contributed by atoms with Crippen molar-refractivity contribution in [3.05, 3.63) is 23.3 Å². The maximum absolute atomic E-state index is 12.2. The van der Waals surface area contributed by atoms with Crippen LogP contribution in [0.5, 0.6) is 5.75 Å². The zero-order valence-corrected chi connectivity index (χ0v) is 12.6. The zero-order chi connectivity index (χ0) is 14.5. The average molecular weight is 287 g/mol. The molecule has 1 N–H and O–H groups in total. The van der Waals surface area contributed by atoms with E-state index in [-0.39, 0.29) is 4.90 Å². The van der Waals surface area contributed by atoms with Crippen LogP contribution in [0.2, 0.25) is 0 Å². The highest BCUT2D eigenvalue weighted by Crippen LogP contribution is 2.25. The van der Waals surface area contributed by atoms with Gasteiger partial charge in [-0.05, 0) is 31.4 Å². The molecule has 0 saturated heterocycles. The van der Waals surface area contributed by atoms with Gasteiger partial charge in [0.15, 0.2) is 0 Å². The van der Waals surface area contributed by atoms with Gasteiger partial charge >= 0.3 is 0 Å². The van der Waals surface area contributed by atoms with Crippen molar-refractivity contribution >= 4 is 10.0 Å². The van der Waals surface area contributed by atoms with Gasteiger partial charge in [-0.3, -0.25) is 0 Å². The molecule has 0 atom stereocenters. The first-order chi connectivity index (χ1) is 8.92. The standard InChI is InChI=1S/C13H21NO4S/c1-10-8-11(2)13(9-12(10)18-4)19(15,16)14-6-5-7-17-3/h8-9,14H,5-7H2,1-4H3. The van der Waals surface area contributed by atoms with Crippen LogP contribution in [0.1, 0.15) is 17.5 Å². The molecule has 0 aliphatic rings. The Morgan fingerprint density at radius 3 is 2.42 bits per heavy atom. The second-order valence-electron chi connectivity index (χ2n) is 4.33. The number of sulfonamides is 1. The summed E-state index contributed by atoms with van der Waals surface area (Å²) in [7, 11) is -0.392. The molecule has 0 aromatic heterocycles. The van der Waals surface area contributed by atoms with Gasteiger partial charge in [0, 0.05) is 26.3 Å². The van der Waals surface area contributed by atoms with Gasteiger partial charge in [-0.25, -0.2) is 13.1 Å². The maximum atomic E-state index is 12.2. The molecule has 1 aromatic carbocycles. The molecule has 1 rings (SSSR count). The first-order valence-electron chi connectivity index (χ1n) is 6.06. The van der Waals surface area contributed by atoms with Crippen LogP contribution >= 0.6 is 0 Å². The Labute approximate surface area is 115 Å². The van der Waals surface area contributed by atoms with E-state index in [0.29, 0.717) is 30.9 Å². The number of methoxy groups -OCH3 is 2. The van der Waals surface area contributed by atoms with Gasteiger partial charge in [0.05, 0.1) is 12.0 Å². The van der Waals surface area contributed by atoms with Crippen molar-refractivity contribution in [2.45, 2.75) is 25.2 Å². The summed E-state index contributed by atoms with van der Waals surface area (Å²) in [5, 5.41) is 0. The second kappa shape index (κ2) is 6.88. The van der Waals surface area contributed by atoms with Crippen molar-refractivity contribution < 1.29 is 17.9 Å². The molecule has 0 heterocycles. The lowest BCUT2D eigenvalue weighted by Crippen LogP contribution is -2.26. The molecule has 0 amide bonds. The van der Waals surface area contributed by atoms with E-state index >= 15 is 0 Å². The molecular formula is C13H21NO4S. The third kappa shape index (κ3) is 4.19. The van der Waals surface area contributed by atoms with Gasteiger partial charge in [-0.1, -0.05) is 6.07 Å². The molecule has 0 spiro atoms. The third-order valence-corrected chi connectivity index (χ3v) is 4.40. The average Bonchev–Trinajstić information content (AvgIpc) is 2.34. The highest BCUT2D eigenvalue weighted by molar-refractivity contribution is 7.89. The van der Waals surface area contributed by atoms with Gasteiger partial charge in [-0.15, -0.1) is 0 Å². The summed E-state index contributed by atoms with van der Waals surface area (Å²) in [6.45, 7) is 4.54. The normalized spacial score (nSPS) is 11.6. The number of benzene rings is 1. The number of nitrogens with one attached hydrogen (secondary N) is 1. The summed E-state index contributed by atoms with van der Waals surface area (Å²) in [6, 6.07) is 3.37. The lowest BCUT2D eigenvalue weighted by atomic mass is 10.1. The van der Waals surface area contributed by atoms with E-state index in [0.717, 1.165) is 5.56 Å². The highest BCUT2D eigenvalue weighted by Gasteiger charge is 2.18. The SMILES string of the molecule is COCCCNS(=O)(=O)c1cc(OC)c(C)cc1C. The van der Waals surface area contributed by atoms with Crippen LogP contribution in [-0.2, 0) is 14.8 Å². The van der Waals surface area contributed by atoms with E-state index < -0.39 is 10.0 Å². The second-order valence-corrected chi connectivity index (χ2v) is 6.07. The first kappa shape index (κ1) is 15.9. The zero-order valence-electron chi connectivity index (χ0n) is 11.8. The Morgan fingerprint density at radius 1 is 1.16 bits per heavy atom. The lowest BCUT2D eigenvalue weighted by molar-refractivity contribution is 0.196. The van der Waals surface area contributed by atoms with Gasteiger partial charge < -0.3 is 9.47 Å². The van der Waals surface area contributed by atoms with Gasteiger partial charge in [-0.2, -0.15) is 0 Å². The fourth-order valence-electron chi connectivity index (χ4n) is 1.82. The van der Waals surface area contributed by atoms with Crippen molar-refractivity contribution in [1.29, 1.82) is 0 Å². The lowest BCUT2D eigenvalue weighted by Gasteiger charge is -2.12. The highest BCUT2D eigenvalue weighted by atomic mass is 32.2. The smallest absolute Gasteiger partial charge is 0.240 e. The van der Waals surface area contributed by atoms with E-state index in [1.807, 2.05) is 13.0 Å². The quantitative estimate of drug-likeness (QED) is 0.774. The van der Waals surface area contributed by atoms with Gasteiger partial charge in [0.1, 0.15) is 5.75 Å². The van der Waals surface area contributed by atoms with E-state index in [1.165, 1.54) is 7.11 Å². The Hall–Kier alpha value is -1.11. The van der Waals surface area contributed by atoms with Crippen LogP contribution in [0, 0.1) is 13.8 Å². The molecule has 0 aliphatic carbocycles. The number of rotatable bonds is 7. The van der Waals surface area contributed by atoms with Crippen molar-refractivity contribution in [2.75, 3.05) is 27.4 Å². The summed E-state index contributed by atoms with van der Waals surface area (Å²) in [6.07, 6.45) is 0.637. The largest absolute Gasteiger partial charge is 0.496 e. The van der Waals surface area contributed by atoms with E-state index in [1.54, 1.807) is 20.1 Å². The first-order valence-corrected chi connectivity index (χ1v) is 7.54. The Bertz CT molecular complexity index is 526. The van der Waals surface area contributed by atoms with Crippen molar-refractivity contribution in [3.63, 3.8) is 0 Å².